The van der Waals surface area contributed by atoms with Gasteiger partial charge < -0.3 is 5.11 Å². The lowest BCUT2D eigenvalue weighted by atomic mass is 9.98. The predicted molar refractivity (Wildman–Crippen MR) is 73.7 cm³/mol. The molecule has 2 unspecified atom stereocenters. The molecular formula is C14H14Cl2O2. The minimum Gasteiger partial charge on any atom is -0.481 e. The van der Waals surface area contributed by atoms with Crippen LogP contribution in [-0.4, -0.2) is 11.1 Å². The highest BCUT2D eigenvalue weighted by Gasteiger charge is 2.63. The molecule has 96 valence electrons. The second-order valence-electron chi connectivity index (χ2n) is 5.19. The first-order valence-electron chi connectivity index (χ1n) is 5.68. The molecule has 4 heteroatoms. The van der Waals surface area contributed by atoms with Crippen LogP contribution in [0.5, 0.6) is 0 Å². The summed E-state index contributed by atoms with van der Waals surface area (Å²) in [4.78, 5) is 11.2. The van der Waals surface area contributed by atoms with Crippen molar-refractivity contribution >= 4 is 34.7 Å². The van der Waals surface area contributed by atoms with Gasteiger partial charge in [-0.05, 0) is 28.7 Å². The molecule has 0 radical (unpaired) electrons. The van der Waals surface area contributed by atoms with Crippen molar-refractivity contribution in [3.63, 3.8) is 0 Å². The first-order chi connectivity index (χ1) is 8.39. The molecule has 1 aliphatic carbocycles. The summed E-state index contributed by atoms with van der Waals surface area (Å²) in [5, 5.41) is 9.85. The van der Waals surface area contributed by atoms with Gasteiger partial charge in [-0.3, -0.25) is 4.79 Å². The van der Waals surface area contributed by atoms with Crippen LogP contribution in [0.4, 0.5) is 0 Å². The lowest BCUT2D eigenvalue weighted by Crippen LogP contribution is -2.03. The van der Waals surface area contributed by atoms with Gasteiger partial charge >= 0.3 is 5.97 Å². The molecule has 0 aromatic heterocycles. The van der Waals surface area contributed by atoms with Gasteiger partial charge in [-0.15, -0.1) is 0 Å². The van der Waals surface area contributed by atoms with Gasteiger partial charge in [0, 0.05) is 16.5 Å². The molecule has 2 rings (SSSR count). The monoisotopic (exact) mass is 284 g/mol. The molecule has 2 atom stereocenters. The number of hydrogen-bond donors (Lipinski definition) is 1. The molecule has 1 fully saturated rings. The number of rotatable bonds is 3. The molecule has 1 N–H and O–H groups in total. The smallest absolute Gasteiger partial charge is 0.307 e. The Hall–Kier alpha value is -0.990. The van der Waals surface area contributed by atoms with Crippen LogP contribution in [0.15, 0.2) is 29.8 Å². The van der Waals surface area contributed by atoms with Crippen LogP contribution < -0.4 is 0 Å². The molecular weight excluding hydrogens is 271 g/mol. The van der Waals surface area contributed by atoms with E-state index in [1.807, 2.05) is 26.0 Å². The fraction of sp³-hybridized carbons (Fsp3) is 0.357. The number of carboxylic acid groups (broad SMARTS) is 1. The van der Waals surface area contributed by atoms with E-state index in [0.717, 1.165) is 11.1 Å². The number of aliphatic carboxylic acids is 1. The lowest BCUT2D eigenvalue weighted by molar-refractivity contribution is -0.139. The summed E-state index contributed by atoms with van der Waals surface area (Å²) in [6.45, 7) is 3.90. The highest BCUT2D eigenvalue weighted by molar-refractivity contribution is 6.30. The Morgan fingerprint density at radius 3 is 2.22 bits per heavy atom. The van der Waals surface area contributed by atoms with E-state index in [-0.39, 0.29) is 17.3 Å². The Morgan fingerprint density at radius 1 is 1.28 bits per heavy atom. The van der Waals surface area contributed by atoms with E-state index in [2.05, 4.69) is 0 Å². The van der Waals surface area contributed by atoms with E-state index in [9.17, 15) is 9.90 Å². The van der Waals surface area contributed by atoms with Gasteiger partial charge in [0.1, 0.15) is 0 Å². The van der Waals surface area contributed by atoms with Gasteiger partial charge in [-0.2, -0.15) is 0 Å². The van der Waals surface area contributed by atoms with Crippen molar-refractivity contribution in [2.45, 2.75) is 13.8 Å². The quantitative estimate of drug-likeness (QED) is 0.900. The van der Waals surface area contributed by atoms with Gasteiger partial charge in [-0.25, -0.2) is 0 Å². The number of allylic oxidation sites excluding steroid dienone is 1. The molecule has 0 aliphatic heterocycles. The van der Waals surface area contributed by atoms with Crippen molar-refractivity contribution < 1.29 is 9.90 Å². The van der Waals surface area contributed by atoms with Crippen molar-refractivity contribution in [1.29, 1.82) is 0 Å². The third-order valence-corrected chi connectivity index (χ3v) is 4.21. The highest BCUT2D eigenvalue weighted by atomic mass is 35.5. The predicted octanol–water partition coefficient (Wildman–Crippen LogP) is 4.28. The van der Waals surface area contributed by atoms with E-state index in [1.54, 1.807) is 12.1 Å². The molecule has 1 aliphatic rings. The molecule has 0 heterocycles. The average Bonchev–Trinajstić information content (AvgIpc) is 2.86. The first-order valence-corrected chi connectivity index (χ1v) is 6.50. The van der Waals surface area contributed by atoms with Gasteiger partial charge in [0.05, 0.1) is 5.92 Å². The van der Waals surface area contributed by atoms with E-state index in [1.165, 1.54) is 5.54 Å². The van der Waals surface area contributed by atoms with E-state index in [4.69, 9.17) is 23.2 Å². The van der Waals surface area contributed by atoms with Crippen LogP contribution in [0.25, 0.3) is 5.57 Å². The molecule has 1 aromatic carbocycles. The summed E-state index contributed by atoms with van der Waals surface area (Å²) >= 11 is 11.7. The molecule has 1 aromatic rings. The Kier molecular flexibility index (Phi) is 3.43. The van der Waals surface area contributed by atoms with Crippen LogP contribution in [0.3, 0.4) is 0 Å². The topological polar surface area (TPSA) is 37.3 Å². The Balaban J connectivity index is 2.32. The maximum atomic E-state index is 11.2. The molecule has 0 saturated heterocycles. The molecule has 0 bridgehead atoms. The number of benzene rings is 1. The Morgan fingerprint density at radius 2 is 1.83 bits per heavy atom. The van der Waals surface area contributed by atoms with Crippen molar-refractivity contribution in [2.24, 2.45) is 17.3 Å². The summed E-state index contributed by atoms with van der Waals surface area (Å²) < 4.78 is 0. The largest absolute Gasteiger partial charge is 0.481 e. The Labute approximate surface area is 116 Å². The number of carbonyl (C=O) groups is 1. The maximum Gasteiger partial charge on any atom is 0.307 e. The fourth-order valence-corrected chi connectivity index (χ4v) is 3.02. The van der Waals surface area contributed by atoms with Crippen LogP contribution in [-0.2, 0) is 4.79 Å². The van der Waals surface area contributed by atoms with Gasteiger partial charge in [0.2, 0.25) is 0 Å². The molecule has 0 spiro atoms. The summed E-state index contributed by atoms with van der Waals surface area (Å²) in [6, 6.07) is 7.29. The molecule has 18 heavy (non-hydrogen) atoms. The zero-order valence-electron chi connectivity index (χ0n) is 10.2. The zero-order chi connectivity index (χ0) is 13.5. The van der Waals surface area contributed by atoms with Crippen molar-refractivity contribution in [2.75, 3.05) is 0 Å². The van der Waals surface area contributed by atoms with E-state index < -0.39 is 5.97 Å². The third-order valence-electron chi connectivity index (χ3n) is 3.72. The SMILES string of the molecule is CC1(C)C(C(=O)O)C1/C(=C/Cl)c1ccc(Cl)cc1. The molecule has 0 amide bonds. The van der Waals surface area contributed by atoms with Gasteiger partial charge in [0.25, 0.3) is 0 Å². The minimum atomic E-state index is -0.769. The number of hydrogen-bond acceptors (Lipinski definition) is 1. The van der Waals surface area contributed by atoms with Crippen LogP contribution >= 0.6 is 23.2 Å². The first kappa shape index (κ1) is 13.4. The maximum absolute atomic E-state index is 11.2. The summed E-state index contributed by atoms with van der Waals surface area (Å²) in [7, 11) is 0. The second kappa shape index (κ2) is 4.60. The summed E-state index contributed by atoms with van der Waals surface area (Å²) in [6.07, 6.45) is 0. The zero-order valence-corrected chi connectivity index (χ0v) is 11.7. The molecule has 2 nitrogen and oxygen atoms in total. The second-order valence-corrected chi connectivity index (χ2v) is 5.84. The van der Waals surface area contributed by atoms with Crippen molar-refractivity contribution in [3.8, 4) is 0 Å². The van der Waals surface area contributed by atoms with Crippen LogP contribution in [0, 0.1) is 17.3 Å². The number of carboxylic acids is 1. The van der Waals surface area contributed by atoms with Crippen molar-refractivity contribution in [3.05, 3.63) is 40.4 Å². The van der Waals surface area contributed by atoms with E-state index >= 15 is 0 Å². The summed E-state index contributed by atoms with van der Waals surface area (Å²) in [5.41, 5.74) is 3.02. The fourth-order valence-electron chi connectivity index (χ4n) is 2.63. The van der Waals surface area contributed by atoms with Crippen LogP contribution in [0.1, 0.15) is 19.4 Å². The highest BCUT2D eigenvalue weighted by Crippen LogP contribution is 2.63. The van der Waals surface area contributed by atoms with Gasteiger partial charge in [0.15, 0.2) is 0 Å². The Bertz CT molecular complexity index is 503. The van der Waals surface area contributed by atoms with Crippen molar-refractivity contribution in [1.82, 2.24) is 0 Å². The molecule has 1 saturated carbocycles. The van der Waals surface area contributed by atoms with Gasteiger partial charge in [-0.1, -0.05) is 49.2 Å². The average molecular weight is 285 g/mol. The van der Waals surface area contributed by atoms with E-state index in [0.29, 0.717) is 5.02 Å². The summed E-state index contributed by atoms with van der Waals surface area (Å²) in [5.74, 6) is -1.19. The normalized spacial score (nSPS) is 25.9. The minimum absolute atomic E-state index is 0.0475. The number of halogens is 2. The van der Waals surface area contributed by atoms with Crippen LogP contribution in [0.2, 0.25) is 5.02 Å². The third kappa shape index (κ3) is 2.15. The lowest BCUT2D eigenvalue weighted by Gasteiger charge is -2.08. The standard InChI is InChI=1S/C14H14Cl2O2/c1-14(2)11(12(14)13(17)18)10(7-15)8-3-5-9(16)6-4-8/h3-7,11-12H,1-2H3,(H,17,18)/b10-7+.